The van der Waals surface area contributed by atoms with Gasteiger partial charge in [-0.15, -0.1) is 0 Å². The molecule has 1 aliphatic rings. The van der Waals surface area contributed by atoms with Crippen LogP contribution in [-0.2, 0) is 24.5 Å². The number of thioether (sulfide) groups is 1. The molecule has 0 saturated carbocycles. The van der Waals surface area contributed by atoms with E-state index in [1.165, 1.54) is 37.3 Å². The first-order valence-electron chi connectivity index (χ1n) is 11.2. The molecule has 0 aromatic heterocycles. The van der Waals surface area contributed by atoms with Gasteiger partial charge in [0, 0.05) is 4.91 Å². The first kappa shape index (κ1) is 27.2. The maximum Gasteiger partial charge on any atom is 0.358 e. The van der Waals surface area contributed by atoms with Gasteiger partial charge >= 0.3 is 20.2 Å². The summed E-state index contributed by atoms with van der Waals surface area (Å²) in [6, 6.07) is 19.5. The summed E-state index contributed by atoms with van der Waals surface area (Å²) in [5.41, 5.74) is 3.33. The first-order valence-corrected chi connectivity index (χ1v) is 14.8. The van der Waals surface area contributed by atoms with Crippen molar-refractivity contribution in [1.82, 2.24) is 0 Å². The molecule has 0 fully saturated rings. The molecule has 8 nitrogen and oxygen atoms in total. The van der Waals surface area contributed by atoms with Gasteiger partial charge < -0.3 is 4.18 Å². The third-order valence-corrected chi connectivity index (χ3v) is 8.86. The van der Waals surface area contributed by atoms with Crippen LogP contribution >= 0.6 is 11.8 Å². The van der Waals surface area contributed by atoms with Gasteiger partial charge in [0.05, 0.1) is 5.57 Å². The van der Waals surface area contributed by atoms with Crippen molar-refractivity contribution in [2.75, 3.05) is 0 Å². The minimum absolute atomic E-state index is 0.0138. The number of hydrogen-bond acceptors (Lipinski definition) is 9. The van der Waals surface area contributed by atoms with E-state index < -0.39 is 20.2 Å². The fourth-order valence-corrected chi connectivity index (χ4v) is 6.17. The van der Waals surface area contributed by atoms with E-state index in [-0.39, 0.29) is 26.1 Å². The molecule has 0 radical (unpaired) electrons. The summed E-state index contributed by atoms with van der Waals surface area (Å²) >= 11 is 1.11. The van der Waals surface area contributed by atoms with E-state index in [2.05, 4.69) is 11.2 Å². The predicted molar refractivity (Wildman–Crippen MR) is 146 cm³/mol. The Labute approximate surface area is 226 Å². The summed E-state index contributed by atoms with van der Waals surface area (Å²) in [6.07, 6.45) is 3.23. The zero-order chi connectivity index (χ0) is 27.5. The van der Waals surface area contributed by atoms with Crippen LogP contribution in [0.2, 0.25) is 0 Å². The third kappa shape index (κ3) is 5.99. The summed E-state index contributed by atoms with van der Waals surface area (Å²) in [4.78, 5) is 0.379. The Bertz CT molecular complexity index is 1750. The zero-order valence-electron chi connectivity index (χ0n) is 20.6. The second kappa shape index (κ2) is 10.9. The Morgan fingerprint density at radius 2 is 1.53 bits per heavy atom. The molecular formula is C27H22N2O6S3. The van der Waals surface area contributed by atoms with Crippen molar-refractivity contribution in [3.05, 3.63) is 106 Å². The van der Waals surface area contributed by atoms with Crippen molar-refractivity contribution in [2.24, 2.45) is 5.16 Å². The molecule has 4 rings (SSSR count). The van der Waals surface area contributed by atoms with Gasteiger partial charge in [-0.3, -0.25) is 4.28 Å². The number of hydrogen-bond donors (Lipinski definition) is 0. The molecule has 1 heterocycles. The highest BCUT2D eigenvalue weighted by atomic mass is 32.2. The van der Waals surface area contributed by atoms with Crippen molar-refractivity contribution in [3.63, 3.8) is 0 Å². The fraction of sp³-hybridized carbons (Fsp3) is 0.111. The Balaban J connectivity index is 1.50. The average Bonchev–Trinajstić information content (AvgIpc) is 3.34. The molecule has 0 amide bonds. The molecule has 3 aromatic rings. The van der Waals surface area contributed by atoms with Gasteiger partial charge in [0.25, 0.3) is 0 Å². The van der Waals surface area contributed by atoms with Gasteiger partial charge in [0.15, 0.2) is 0 Å². The van der Waals surface area contributed by atoms with Crippen molar-refractivity contribution >= 4 is 42.6 Å². The van der Waals surface area contributed by atoms with E-state index in [1.807, 2.05) is 38.1 Å². The molecule has 0 bridgehead atoms. The average molecular weight is 567 g/mol. The summed E-state index contributed by atoms with van der Waals surface area (Å²) in [7, 11) is -8.41. The monoisotopic (exact) mass is 566 g/mol. The molecule has 0 aliphatic carbocycles. The lowest BCUT2D eigenvalue weighted by molar-refractivity contribution is 0.340. The van der Waals surface area contributed by atoms with Gasteiger partial charge in [-0.05, 0) is 79.9 Å². The van der Waals surface area contributed by atoms with Crippen LogP contribution < -0.4 is 4.18 Å². The zero-order valence-corrected chi connectivity index (χ0v) is 23.0. The summed E-state index contributed by atoms with van der Waals surface area (Å²) in [6.45, 7) is 5.25. The van der Waals surface area contributed by atoms with E-state index >= 15 is 0 Å². The Morgan fingerprint density at radius 1 is 0.842 bits per heavy atom. The smallest absolute Gasteiger partial charge is 0.358 e. The van der Waals surface area contributed by atoms with E-state index in [0.29, 0.717) is 10.5 Å². The molecule has 0 atom stereocenters. The Kier molecular flexibility index (Phi) is 7.78. The highest BCUT2D eigenvalue weighted by Crippen LogP contribution is 2.35. The summed E-state index contributed by atoms with van der Waals surface area (Å²) in [5.74, 6) is -0.0138. The van der Waals surface area contributed by atoms with Crippen molar-refractivity contribution in [2.45, 2.75) is 30.6 Å². The molecule has 194 valence electrons. The lowest BCUT2D eigenvalue weighted by atomic mass is 10.0. The number of allylic oxidation sites excluding steroid dienone is 2. The van der Waals surface area contributed by atoms with Crippen molar-refractivity contribution < 1.29 is 25.3 Å². The lowest BCUT2D eigenvalue weighted by Gasteiger charge is -2.11. The Hall–Kier alpha value is -3.85. The van der Waals surface area contributed by atoms with Gasteiger partial charge in [0.2, 0.25) is 0 Å². The SMILES string of the molecule is Cc1ccc(S(=O)(=O)Oc2ccc(S(=O)(=O)ON=C3C=C/C(=C(/C#N)c4ccccc4C)S3)cc2C)cc1. The van der Waals surface area contributed by atoms with Gasteiger partial charge in [-0.1, -0.05) is 58.9 Å². The number of nitriles is 1. The number of aryl methyl sites for hydroxylation is 3. The van der Waals surface area contributed by atoms with Crippen LogP contribution in [0.4, 0.5) is 0 Å². The Morgan fingerprint density at radius 3 is 2.18 bits per heavy atom. The van der Waals surface area contributed by atoms with Crippen LogP contribution in [0.3, 0.4) is 0 Å². The molecule has 1 aliphatic heterocycles. The van der Waals surface area contributed by atoms with E-state index in [1.54, 1.807) is 24.3 Å². The molecule has 0 N–H and O–H groups in total. The minimum Gasteiger partial charge on any atom is -0.379 e. The van der Waals surface area contributed by atoms with Gasteiger partial charge in [-0.25, -0.2) is 0 Å². The molecule has 3 aromatic carbocycles. The maximum atomic E-state index is 12.7. The highest BCUT2D eigenvalue weighted by molar-refractivity contribution is 8.18. The largest absolute Gasteiger partial charge is 0.379 e. The highest BCUT2D eigenvalue weighted by Gasteiger charge is 2.22. The number of nitrogens with zero attached hydrogens (tertiary/aromatic N) is 2. The molecular weight excluding hydrogens is 545 g/mol. The van der Waals surface area contributed by atoms with Crippen LogP contribution in [0, 0.1) is 32.1 Å². The molecule has 0 unspecified atom stereocenters. The lowest BCUT2D eigenvalue weighted by Crippen LogP contribution is -2.11. The van der Waals surface area contributed by atoms with Crippen LogP contribution in [0.5, 0.6) is 5.75 Å². The van der Waals surface area contributed by atoms with Gasteiger partial charge in [-0.2, -0.15) is 22.1 Å². The summed E-state index contributed by atoms with van der Waals surface area (Å²) < 4.78 is 60.8. The molecule has 0 saturated heterocycles. The second-order valence-corrected chi connectivity index (χ2v) is 12.5. The molecule has 11 heteroatoms. The number of benzene rings is 3. The third-order valence-electron chi connectivity index (χ3n) is 5.53. The summed E-state index contributed by atoms with van der Waals surface area (Å²) in [5, 5.41) is 13.7. The standard InChI is InChI=1S/C27H22N2O6S3/c1-18-8-10-21(11-9-18)37(30,31)34-25-13-12-22(16-20(25)3)38(32,33)35-29-27-15-14-26(36-27)24(17-28)23-7-5-4-6-19(23)2/h4-16H,1-3H3/b26-24+,29-27?. The number of rotatable bonds is 7. The van der Waals surface area contributed by atoms with E-state index in [0.717, 1.165) is 28.5 Å². The van der Waals surface area contributed by atoms with Crippen LogP contribution in [0.25, 0.3) is 5.57 Å². The van der Waals surface area contributed by atoms with Crippen molar-refractivity contribution in [1.29, 1.82) is 5.26 Å². The van der Waals surface area contributed by atoms with Crippen LogP contribution in [0.1, 0.15) is 22.3 Å². The maximum absolute atomic E-state index is 12.7. The normalized spacial score (nSPS) is 15.8. The van der Waals surface area contributed by atoms with Crippen LogP contribution in [-0.4, -0.2) is 21.9 Å². The number of oxime groups is 1. The van der Waals surface area contributed by atoms with E-state index in [4.69, 9.17) is 8.47 Å². The van der Waals surface area contributed by atoms with Crippen molar-refractivity contribution in [3.8, 4) is 11.8 Å². The molecule has 0 spiro atoms. The second-order valence-electron chi connectivity index (χ2n) is 8.34. The van der Waals surface area contributed by atoms with Gasteiger partial charge in [0.1, 0.15) is 26.7 Å². The topological polar surface area (TPSA) is 123 Å². The minimum atomic E-state index is -4.31. The first-order chi connectivity index (χ1) is 18.0. The predicted octanol–water partition coefficient (Wildman–Crippen LogP) is 5.64. The molecule has 38 heavy (non-hydrogen) atoms. The van der Waals surface area contributed by atoms with Crippen LogP contribution in [0.15, 0.2) is 98.7 Å². The quantitative estimate of drug-likeness (QED) is 0.205. The van der Waals surface area contributed by atoms with E-state index in [9.17, 15) is 22.1 Å². The fourth-order valence-electron chi connectivity index (χ4n) is 3.48.